The maximum Gasteiger partial charge on any atom is 0.255 e. The second-order valence-corrected chi connectivity index (χ2v) is 8.25. The van der Waals surface area contributed by atoms with E-state index >= 15 is 0 Å². The molecule has 132 valence electrons. The van der Waals surface area contributed by atoms with Gasteiger partial charge in [0, 0.05) is 24.3 Å². The van der Waals surface area contributed by atoms with Gasteiger partial charge in [-0.2, -0.15) is 11.8 Å². The molecular formula is C18H28N4OS. The van der Waals surface area contributed by atoms with E-state index in [0.29, 0.717) is 17.6 Å². The van der Waals surface area contributed by atoms with Gasteiger partial charge in [0.05, 0.1) is 5.56 Å². The number of nitrogens with one attached hydrogen (secondary N) is 2. The molecule has 1 aliphatic heterocycles. The Labute approximate surface area is 148 Å². The van der Waals surface area contributed by atoms with Crippen LogP contribution in [0.4, 0.5) is 5.82 Å². The third-order valence-corrected chi connectivity index (χ3v) is 5.99. The van der Waals surface area contributed by atoms with Crippen molar-refractivity contribution >= 4 is 23.5 Å². The van der Waals surface area contributed by atoms with Gasteiger partial charge in [0.1, 0.15) is 5.82 Å². The maximum atomic E-state index is 12.8. The fourth-order valence-electron chi connectivity index (χ4n) is 3.42. The molecule has 6 heteroatoms. The average Bonchev–Trinajstić information content (AvgIpc) is 2.59. The molecule has 1 saturated heterocycles. The van der Waals surface area contributed by atoms with Crippen molar-refractivity contribution in [3.05, 3.63) is 23.4 Å². The summed E-state index contributed by atoms with van der Waals surface area (Å²) in [6, 6.07) is 2.88. The summed E-state index contributed by atoms with van der Waals surface area (Å²) in [6.07, 6.45) is 7.99. The third-order valence-electron chi connectivity index (χ3n) is 4.94. The molecule has 1 aliphatic carbocycles. The van der Waals surface area contributed by atoms with Gasteiger partial charge < -0.3 is 16.4 Å². The molecule has 24 heavy (non-hydrogen) atoms. The van der Waals surface area contributed by atoms with Crippen LogP contribution in [0.15, 0.2) is 12.3 Å². The summed E-state index contributed by atoms with van der Waals surface area (Å²) in [4.78, 5) is 17.3. The van der Waals surface area contributed by atoms with Gasteiger partial charge in [0.25, 0.3) is 5.91 Å². The molecule has 0 unspecified atom stereocenters. The molecule has 0 radical (unpaired) electrons. The van der Waals surface area contributed by atoms with Crippen LogP contribution in [0.3, 0.4) is 0 Å². The molecule has 5 nitrogen and oxygen atoms in total. The first kappa shape index (κ1) is 17.5. The molecule has 2 fully saturated rings. The Morgan fingerprint density at radius 2 is 1.88 bits per heavy atom. The van der Waals surface area contributed by atoms with E-state index in [9.17, 15) is 4.79 Å². The number of amides is 1. The molecular weight excluding hydrogens is 320 g/mol. The molecule has 1 aromatic heterocycles. The summed E-state index contributed by atoms with van der Waals surface area (Å²) in [5, 5.41) is 6.68. The number of aromatic nitrogens is 1. The second kappa shape index (κ2) is 8.21. The van der Waals surface area contributed by atoms with Crippen LogP contribution in [0.1, 0.15) is 54.4 Å². The normalized spacial score (nSPS) is 25.2. The van der Waals surface area contributed by atoms with E-state index in [1.807, 2.05) is 30.9 Å². The number of nitrogens with two attached hydrogens (primary N) is 1. The lowest BCUT2D eigenvalue weighted by Crippen LogP contribution is -2.41. The molecule has 1 amide bonds. The summed E-state index contributed by atoms with van der Waals surface area (Å²) >= 11 is 2.00. The SMILES string of the molecule is Cc1cnc(NC2CCSCC2)c(C(=O)N[C@H]2CC[C@@H](N)CC2)c1. The third kappa shape index (κ3) is 4.63. The fraction of sp³-hybridized carbons (Fsp3) is 0.667. The van der Waals surface area contributed by atoms with Crippen molar-refractivity contribution in [3.8, 4) is 0 Å². The largest absolute Gasteiger partial charge is 0.367 e. The quantitative estimate of drug-likeness (QED) is 0.779. The molecule has 0 bridgehead atoms. The van der Waals surface area contributed by atoms with Crippen LogP contribution >= 0.6 is 11.8 Å². The van der Waals surface area contributed by atoms with E-state index < -0.39 is 0 Å². The van der Waals surface area contributed by atoms with E-state index in [2.05, 4.69) is 15.6 Å². The summed E-state index contributed by atoms with van der Waals surface area (Å²) in [5.74, 6) is 3.06. The van der Waals surface area contributed by atoms with Crippen molar-refractivity contribution in [3.63, 3.8) is 0 Å². The monoisotopic (exact) mass is 348 g/mol. The Kier molecular flexibility index (Phi) is 6.00. The van der Waals surface area contributed by atoms with Gasteiger partial charge in [-0.05, 0) is 68.6 Å². The lowest BCUT2D eigenvalue weighted by atomic mass is 9.91. The number of pyridine rings is 1. The highest BCUT2D eigenvalue weighted by Crippen LogP contribution is 2.23. The van der Waals surface area contributed by atoms with Crippen LogP contribution in [0.5, 0.6) is 0 Å². The topological polar surface area (TPSA) is 80.0 Å². The zero-order chi connectivity index (χ0) is 16.9. The van der Waals surface area contributed by atoms with Crippen LogP contribution in [0.25, 0.3) is 0 Å². The van der Waals surface area contributed by atoms with E-state index in [1.54, 1.807) is 0 Å². The Morgan fingerprint density at radius 3 is 2.58 bits per heavy atom. The maximum absolute atomic E-state index is 12.8. The number of nitrogens with zero attached hydrogens (tertiary/aromatic N) is 1. The Balaban J connectivity index is 1.68. The standard InChI is InChI=1S/C18H28N4OS/c1-12-10-16(18(23)22-14-4-2-13(19)3-5-14)17(20-11-12)21-15-6-8-24-9-7-15/h10-11,13-15H,2-9,19H2,1H3,(H,20,21)(H,22,23)/t13-,14+. The van der Waals surface area contributed by atoms with Crippen molar-refractivity contribution < 1.29 is 4.79 Å². The van der Waals surface area contributed by atoms with Crippen LogP contribution in [0.2, 0.25) is 0 Å². The zero-order valence-corrected chi connectivity index (χ0v) is 15.2. The lowest BCUT2D eigenvalue weighted by molar-refractivity contribution is 0.0926. The van der Waals surface area contributed by atoms with E-state index in [-0.39, 0.29) is 11.9 Å². The molecule has 1 saturated carbocycles. The number of hydrogen-bond donors (Lipinski definition) is 3. The number of carbonyl (C=O) groups is 1. The molecule has 0 atom stereocenters. The highest BCUT2D eigenvalue weighted by Gasteiger charge is 2.23. The second-order valence-electron chi connectivity index (χ2n) is 7.02. The number of anilines is 1. The first-order valence-corrected chi connectivity index (χ1v) is 10.1. The van der Waals surface area contributed by atoms with E-state index in [0.717, 1.165) is 49.9 Å². The Hall–Kier alpha value is -1.27. The van der Waals surface area contributed by atoms with Gasteiger partial charge in [-0.3, -0.25) is 4.79 Å². The number of hydrogen-bond acceptors (Lipinski definition) is 5. The van der Waals surface area contributed by atoms with E-state index in [4.69, 9.17) is 5.73 Å². The minimum absolute atomic E-state index is 0.0145. The highest BCUT2D eigenvalue weighted by molar-refractivity contribution is 7.99. The summed E-state index contributed by atoms with van der Waals surface area (Å²) in [7, 11) is 0. The van der Waals surface area contributed by atoms with Crippen LogP contribution < -0.4 is 16.4 Å². The molecule has 1 aromatic rings. The van der Waals surface area contributed by atoms with Gasteiger partial charge in [0.15, 0.2) is 0 Å². The molecule has 2 heterocycles. The number of rotatable bonds is 4. The van der Waals surface area contributed by atoms with Gasteiger partial charge in [-0.25, -0.2) is 4.98 Å². The Morgan fingerprint density at radius 1 is 1.17 bits per heavy atom. The molecule has 0 aromatic carbocycles. The smallest absolute Gasteiger partial charge is 0.255 e. The predicted molar refractivity (Wildman–Crippen MR) is 101 cm³/mol. The Bertz CT molecular complexity index is 566. The van der Waals surface area contributed by atoms with E-state index in [1.165, 1.54) is 11.5 Å². The van der Waals surface area contributed by atoms with Crippen molar-refractivity contribution in [1.29, 1.82) is 0 Å². The fourth-order valence-corrected chi connectivity index (χ4v) is 4.53. The molecule has 4 N–H and O–H groups in total. The summed E-state index contributed by atoms with van der Waals surface area (Å²) in [5.41, 5.74) is 7.63. The van der Waals surface area contributed by atoms with Crippen LogP contribution in [-0.4, -0.2) is 40.5 Å². The van der Waals surface area contributed by atoms with Crippen LogP contribution in [-0.2, 0) is 0 Å². The lowest BCUT2D eigenvalue weighted by Gasteiger charge is -2.28. The average molecular weight is 349 g/mol. The number of aryl methyl sites for hydroxylation is 1. The molecule has 3 rings (SSSR count). The number of thioether (sulfide) groups is 1. The first-order chi connectivity index (χ1) is 11.6. The van der Waals surface area contributed by atoms with Crippen molar-refractivity contribution in [2.24, 2.45) is 5.73 Å². The zero-order valence-electron chi connectivity index (χ0n) is 14.4. The summed E-state index contributed by atoms with van der Waals surface area (Å²) in [6.45, 7) is 1.98. The molecule has 2 aliphatic rings. The van der Waals surface area contributed by atoms with Crippen molar-refractivity contribution in [1.82, 2.24) is 10.3 Å². The minimum Gasteiger partial charge on any atom is -0.367 e. The predicted octanol–water partition coefficient (Wildman–Crippen LogP) is 2.70. The van der Waals surface area contributed by atoms with Crippen molar-refractivity contribution in [2.75, 3.05) is 16.8 Å². The minimum atomic E-state index is -0.0145. The van der Waals surface area contributed by atoms with Gasteiger partial charge >= 0.3 is 0 Å². The van der Waals surface area contributed by atoms with Crippen molar-refractivity contribution in [2.45, 2.75) is 63.6 Å². The number of carbonyl (C=O) groups excluding carboxylic acids is 1. The van der Waals surface area contributed by atoms with Gasteiger partial charge in [-0.15, -0.1) is 0 Å². The summed E-state index contributed by atoms with van der Waals surface area (Å²) < 4.78 is 0. The molecule has 0 spiro atoms. The first-order valence-electron chi connectivity index (χ1n) is 8.99. The van der Waals surface area contributed by atoms with Gasteiger partial charge in [0.2, 0.25) is 0 Å². The van der Waals surface area contributed by atoms with Gasteiger partial charge in [-0.1, -0.05) is 0 Å². The highest BCUT2D eigenvalue weighted by atomic mass is 32.2. The van der Waals surface area contributed by atoms with Crippen LogP contribution in [0, 0.1) is 6.92 Å².